The first kappa shape index (κ1) is 16.5. The quantitative estimate of drug-likeness (QED) is 0.766. The van der Waals surface area contributed by atoms with E-state index in [4.69, 9.17) is 4.74 Å². The summed E-state index contributed by atoms with van der Waals surface area (Å²) in [6.45, 7) is 5.25. The standard InChI is InChI=1S/C13H17Br2NO3/c1-7(13(2,3)18)16-11-9(12(17)19-4)5-8(14)6-10(11)15/h5-7,16,18H,1-4H3. The Balaban J connectivity index is 3.22. The van der Waals surface area contributed by atoms with Crippen LogP contribution in [0.3, 0.4) is 0 Å². The van der Waals surface area contributed by atoms with E-state index in [0.717, 1.165) is 8.95 Å². The summed E-state index contributed by atoms with van der Waals surface area (Å²) in [5, 5.41) is 13.1. The zero-order chi connectivity index (χ0) is 14.8. The summed E-state index contributed by atoms with van der Waals surface area (Å²) >= 11 is 6.74. The van der Waals surface area contributed by atoms with Gasteiger partial charge in [0.1, 0.15) is 0 Å². The molecule has 0 fully saturated rings. The highest BCUT2D eigenvalue weighted by Gasteiger charge is 2.25. The largest absolute Gasteiger partial charge is 0.465 e. The predicted octanol–water partition coefficient (Wildman–Crippen LogP) is 3.57. The van der Waals surface area contributed by atoms with Crippen molar-refractivity contribution in [3.8, 4) is 0 Å². The third kappa shape index (κ3) is 4.19. The van der Waals surface area contributed by atoms with Gasteiger partial charge in [-0.1, -0.05) is 15.9 Å². The lowest BCUT2D eigenvalue weighted by Crippen LogP contribution is -2.39. The van der Waals surface area contributed by atoms with Crippen LogP contribution in [0.4, 0.5) is 5.69 Å². The van der Waals surface area contributed by atoms with Gasteiger partial charge >= 0.3 is 5.97 Å². The molecule has 0 aromatic heterocycles. The molecule has 19 heavy (non-hydrogen) atoms. The first-order chi connectivity index (χ1) is 8.66. The summed E-state index contributed by atoms with van der Waals surface area (Å²) in [4.78, 5) is 11.8. The Morgan fingerprint density at radius 2 is 2.00 bits per heavy atom. The Hall–Kier alpha value is -0.590. The Morgan fingerprint density at radius 3 is 2.47 bits per heavy atom. The molecule has 1 unspecified atom stereocenters. The van der Waals surface area contributed by atoms with Crippen molar-refractivity contribution in [2.75, 3.05) is 12.4 Å². The Kier molecular flexibility index (Phi) is 5.41. The molecular weight excluding hydrogens is 378 g/mol. The average molecular weight is 395 g/mol. The maximum Gasteiger partial charge on any atom is 0.340 e. The van der Waals surface area contributed by atoms with Gasteiger partial charge in [0, 0.05) is 8.95 Å². The van der Waals surface area contributed by atoms with Crippen molar-refractivity contribution in [3.05, 3.63) is 26.6 Å². The zero-order valence-corrected chi connectivity index (χ0v) is 14.4. The molecule has 0 radical (unpaired) electrons. The van der Waals surface area contributed by atoms with E-state index in [2.05, 4.69) is 37.2 Å². The van der Waals surface area contributed by atoms with Crippen molar-refractivity contribution in [3.63, 3.8) is 0 Å². The highest BCUT2D eigenvalue weighted by atomic mass is 79.9. The molecule has 0 aliphatic heterocycles. The number of carbonyl (C=O) groups excluding carboxylic acids is 1. The molecule has 0 saturated heterocycles. The van der Waals surface area contributed by atoms with Gasteiger partial charge in [-0.15, -0.1) is 0 Å². The van der Waals surface area contributed by atoms with Gasteiger partial charge in [-0.05, 0) is 48.8 Å². The number of carbonyl (C=O) groups is 1. The number of hydrogen-bond donors (Lipinski definition) is 2. The predicted molar refractivity (Wildman–Crippen MR) is 82.6 cm³/mol. The van der Waals surface area contributed by atoms with Crippen LogP contribution in [0.2, 0.25) is 0 Å². The first-order valence-electron chi connectivity index (χ1n) is 5.73. The van der Waals surface area contributed by atoms with Crippen molar-refractivity contribution in [1.29, 1.82) is 0 Å². The summed E-state index contributed by atoms with van der Waals surface area (Å²) in [6.07, 6.45) is 0. The number of ether oxygens (including phenoxy) is 1. The third-order valence-corrected chi connectivity index (χ3v) is 3.96. The molecule has 0 saturated carbocycles. The molecule has 0 heterocycles. The minimum Gasteiger partial charge on any atom is -0.465 e. The number of hydrogen-bond acceptors (Lipinski definition) is 4. The SMILES string of the molecule is COC(=O)c1cc(Br)cc(Br)c1NC(C)C(C)(C)O. The monoisotopic (exact) mass is 393 g/mol. The molecule has 0 spiro atoms. The van der Waals surface area contributed by atoms with E-state index in [1.807, 2.05) is 13.0 Å². The normalized spacial score (nSPS) is 13.0. The number of nitrogens with one attached hydrogen (secondary N) is 1. The summed E-state index contributed by atoms with van der Waals surface area (Å²) in [5.74, 6) is -0.438. The summed E-state index contributed by atoms with van der Waals surface area (Å²) in [5.41, 5.74) is 0.0874. The number of benzene rings is 1. The lowest BCUT2D eigenvalue weighted by Gasteiger charge is -2.29. The second kappa shape index (κ2) is 6.24. The van der Waals surface area contributed by atoms with E-state index in [9.17, 15) is 9.90 Å². The van der Waals surface area contributed by atoms with Gasteiger partial charge in [0.25, 0.3) is 0 Å². The third-order valence-electron chi connectivity index (χ3n) is 2.88. The van der Waals surface area contributed by atoms with Crippen molar-refractivity contribution in [1.82, 2.24) is 0 Å². The van der Waals surface area contributed by atoms with Gasteiger partial charge < -0.3 is 15.2 Å². The minimum atomic E-state index is -0.917. The van der Waals surface area contributed by atoms with E-state index >= 15 is 0 Å². The molecule has 6 heteroatoms. The van der Waals surface area contributed by atoms with Crippen LogP contribution in [0.5, 0.6) is 0 Å². The first-order valence-corrected chi connectivity index (χ1v) is 7.31. The number of aliphatic hydroxyl groups is 1. The molecule has 0 aliphatic rings. The Bertz CT molecular complexity index is 484. The van der Waals surface area contributed by atoms with Gasteiger partial charge in [-0.3, -0.25) is 0 Å². The highest BCUT2D eigenvalue weighted by Crippen LogP contribution is 2.32. The average Bonchev–Trinajstić information content (AvgIpc) is 2.29. The van der Waals surface area contributed by atoms with Crippen LogP contribution in [0, 0.1) is 0 Å². The smallest absolute Gasteiger partial charge is 0.340 e. The molecular formula is C13H17Br2NO3. The molecule has 1 aromatic rings. The summed E-state index contributed by atoms with van der Waals surface area (Å²) in [6, 6.07) is 3.26. The topological polar surface area (TPSA) is 58.6 Å². The Labute approximate surface area is 129 Å². The summed E-state index contributed by atoms with van der Waals surface area (Å²) < 4.78 is 6.26. The van der Waals surface area contributed by atoms with Crippen molar-refractivity contribution in [2.45, 2.75) is 32.4 Å². The molecule has 0 amide bonds. The van der Waals surface area contributed by atoms with Crippen molar-refractivity contribution >= 4 is 43.5 Å². The van der Waals surface area contributed by atoms with E-state index in [-0.39, 0.29) is 6.04 Å². The molecule has 1 atom stereocenters. The van der Waals surface area contributed by atoms with E-state index in [0.29, 0.717) is 11.3 Å². The van der Waals surface area contributed by atoms with E-state index in [1.165, 1.54) is 7.11 Å². The van der Waals surface area contributed by atoms with Gasteiger partial charge in [-0.25, -0.2) is 4.79 Å². The second-order valence-electron chi connectivity index (χ2n) is 4.82. The van der Waals surface area contributed by atoms with Crippen LogP contribution in [0.15, 0.2) is 21.1 Å². The van der Waals surface area contributed by atoms with Crippen molar-refractivity contribution < 1.29 is 14.6 Å². The van der Waals surface area contributed by atoms with E-state index in [1.54, 1.807) is 19.9 Å². The van der Waals surface area contributed by atoms with Crippen LogP contribution in [0.1, 0.15) is 31.1 Å². The molecule has 106 valence electrons. The van der Waals surface area contributed by atoms with Gasteiger partial charge in [0.05, 0.1) is 30.0 Å². The fourth-order valence-electron chi connectivity index (χ4n) is 1.38. The fourth-order valence-corrected chi connectivity index (χ4v) is 2.72. The zero-order valence-electron chi connectivity index (χ0n) is 11.3. The van der Waals surface area contributed by atoms with Crippen LogP contribution in [0.25, 0.3) is 0 Å². The lowest BCUT2D eigenvalue weighted by molar-refractivity contribution is 0.0592. The number of esters is 1. The van der Waals surface area contributed by atoms with E-state index < -0.39 is 11.6 Å². The highest BCUT2D eigenvalue weighted by molar-refractivity contribution is 9.11. The van der Waals surface area contributed by atoms with Crippen LogP contribution >= 0.6 is 31.9 Å². The molecule has 4 nitrogen and oxygen atoms in total. The maximum absolute atomic E-state index is 11.8. The van der Waals surface area contributed by atoms with Gasteiger partial charge in [-0.2, -0.15) is 0 Å². The number of halogens is 2. The van der Waals surface area contributed by atoms with Gasteiger partial charge in [0.15, 0.2) is 0 Å². The Morgan fingerprint density at radius 1 is 1.42 bits per heavy atom. The minimum absolute atomic E-state index is 0.242. The molecule has 1 rings (SSSR count). The molecule has 0 bridgehead atoms. The molecule has 1 aromatic carbocycles. The second-order valence-corrected chi connectivity index (χ2v) is 6.59. The van der Waals surface area contributed by atoms with Crippen LogP contribution in [-0.2, 0) is 4.74 Å². The van der Waals surface area contributed by atoms with Gasteiger partial charge in [0.2, 0.25) is 0 Å². The lowest BCUT2D eigenvalue weighted by atomic mass is 10.00. The maximum atomic E-state index is 11.8. The van der Waals surface area contributed by atoms with Crippen molar-refractivity contribution in [2.24, 2.45) is 0 Å². The fraction of sp³-hybridized carbons (Fsp3) is 0.462. The number of rotatable bonds is 4. The van der Waals surface area contributed by atoms with Crippen LogP contribution < -0.4 is 5.32 Å². The van der Waals surface area contributed by atoms with Crippen LogP contribution in [-0.4, -0.2) is 29.8 Å². The number of anilines is 1. The molecule has 0 aliphatic carbocycles. The number of methoxy groups -OCH3 is 1. The molecule has 2 N–H and O–H groups in total. The summed E-state index contributed by atoms with van der Waals surface area (Å²) in [7, 11) is 1.33.